The molecule has 0 bridgehead atoms. The van der Waals surface area contributed by atoms with Gasteiger partial charge in [0.25, 0.3) is 5.91 Å². The van der Waals surface area contributed by atoms with Crippen molar-refractivity contribution in [2.75, 3.05) is 19.0 Å². The van der Waals surface area contributed by atoms with E-state index in [2.05, 4.69) is 20.8 Å². The zero-order valence-corrected chi connectivity index (χ0v) is 20.3. The first-order chi connectivity index (χ1) is 18.0. The van der Waals surface area contributed by atoms with Crippen LogP contribution in [0.3, 0.4) is 0 Å². The number of methoxy groups -OCH3 is 1. The summed E-state index contributed by atoms with van der Waals surface area (Å²) in [5.41, 5.74) is 4.30. The summed E-state index contributed by atoms with van der Waals surface area (Å²) in [6.45, 7) is 0.0476. The minimum absolute atomic E-state index is 0.111. The molecule has 10 nitrogen and oxygen atoms in total. The third-order valence-corrected chi connectivity index (χ3v) is 5.76. The lowest BCUT2D eigenvalue weighted by molar-refractivity contribution is -0.119. The molecule has 37 heavy (non-hydrogen) atoms. The summed E-state index contributed by atoms with van der Waals surface area (Å²) in [6, 6.07) is 18.4. The molecule has 0 fully saturated rings. The van der Waals surface area contributed by atoms with Gasteiger partial charge in [0, 0.05) is 49.4 Å². The van der Waals surface area contributed by atoms with Crippen molar-refractivity contribution in [3.63, 3.8) is 0 Å². The van der Waals surface area contributed by atoms with Crippen molar-refractivity contribution in [3.8, 4) is 22.7 Å². The van der Waals surface area contributed by atoms with Crippen LogP contribution in [-0.2, 0) is 23.1 Å². The summed E-state index contributed by atoms with van der Waals surface area (Å²) < 4.78 is 12.2. The van der Waals surface area contributed by atoms with Gasteiger partial charge in [0.15, 0.2) is 5.76 Å². The number of nitrogens with one attached hydrogen (secondary N) is 2. The van der Waals surface area contributed by atoms with Crippen molar-refractivity contribution in [2.45, 2.75) is 6.54 Å². The summed E-state index contributed by atoms with van der Waals surface area (Å²) in [5.74, 6) is 0.593. The van der Waals surface area contributed by atoms with Crippen LogP contribution in [0.1, 0.15) is 16.1 Å². The Hall–Kier alpha value is -4.83. The van der Waals surface area contributed by atoms with Crippen molar-refractivity contribution in [3.05, 3.63) is 84.3 Å². The highest BCUT2D eigenvalue weighted by molar-refractivity contribution is 6.08. The van der Waals surface area contributed by atoms with Gasteiger partial charge in [-0.2, -0.15) is 0 Å². The summed E-state index contributed by atoms with van der Waals surface area (Å²) in [4.78, 5) is 34.4. The van der Waals surface area contributed by atoms with Gasteiger partial charge >= 0.3 is 0 Å². The lowest BCUT2D eigenvalue weighted by atomic mass is 10.1. The first-order valence-electron chi connectivity index (χ1n) is 11.5. The van der Waals surface area contributed by atoms with Crippen molar-refractivity contribution in [1.82, 2.24) is 25.0 Å². The SMILES string of the molecule is COCC(=O)Nc1cc(C(=O)NCc2cc(-c3ccccc3)on2)c2c(c1)nc(-c1ccncc1)n2C. The number of carbonyl (C=O) groups is 2. The lowest BCUT2D eigenvalue weighted by Crippen LogP contribution is -2.24. The molecule has 2 aromatic carbocycles. The number of benzene rings is 2. The topological polar surface area (TPSA) is 124 Å². The molecule has 186 valence electrons. The molecule has 0 atom stereocenters. The number of amides is 2. The van der Waals surface area contributed by atoms with Crippen LogP contribution in [0, 0.1) is 0 Å². The molecule has 0 aliphatic rings. The van der Waals surface area contributed by atoms with Gasteiger partial charge in [0.05, 0.1) is 23.1 Å². The van der Waals surface area contributed by atoms with Crippen LogP contribution in [0.5, 0.6) is 0 Å². The molecule has 2 N–H and O–H groups in total. The number of anilines is 1. The number of rotatable bonds is 8. The molecule has 2 amide bonds. The number of nitrogens with zero attached hydrogens (tertiary/aromatic N) is 4. The van der Waals surface area contributed by atoms with E-state index in [1.807, 2.05) is 54.1 Å². The van der Waals surface area contributed by atoms with Gasteiger partial charge in [-0.25, -0.2) is 4.98 Å². The Labute approximate surface area is 212 Å². The Morgan fingerprint density at radius 1 is 1.03 bits per heavy atom. The molecule has 3 aromatic heterocycles. The van der Waals surface area contributed by atoms with E-state index in [0.29, 0.717) is 39.6 Å². The van der Waals surface area contributed by atoms with Gasteiger partial charge in [0.2, 0.25) is 5.91 Å². The normalized spacial score (nSPS) is 11.0. The fourth-order valence-electron chi connectivity index (χ4n) is 4.08. The first-order valence-corrected chi connectivity index (χ1v) is 11.5. The van der Waals surface area contributed by atoms with Gasteiger partial charge in [-0.05, 0) is 24.3 Å². The van der Waals surface area contributed by atoms with E-state index >= 15 is 0 Å². The molecule has 0 saturated heterocycles. The Bertz CT molecular complexity index is 1560. The fourth-order valence-corrected chi connectivity index (χ4v) is 4.08. The Balaban J connectivity index is 1.46. The molecule has 0 aliphatic heterocycles. The Kier molecular flexibility index (Phi) is 6.73. The number of ether oxygens (including phenoxy) is 1. The second-order valence-corrected chi connectivity index (χ2v) is 8.33. The van der Waals surface area contributed by atoms with E-state index in [1.54, 1.807) is 30.6 Å². The molecule has 0 spiro atoms. The van der Waals surface area contributed by atoms with Crippen molar-refractivity contribution in [2.24, 2.45) is 7.05 Å². The summed E-state index contributed by atoms with van der Waals surface area (Å²) >= 11 is 0. The second-order valence-electron chi connectivity index (χ2n) is 8.33. The quantitative estimate of drug-likeness (QED) is 0.335. The van der Waals surface area contributed by atoms with E-state index in [4.69, 9.17) is 14.2 Å². The number of carbonyl (C=O) groups excluding carboxylic acids is 2. The Morgan fingerprint density at radius 3 is 2.57 bits per heavy atom. The predicted octanol–water partition coefficient (Wildman–Crippen LogP) is 3.81. The molecule has 5 rings (SSSR count). The van der Waals surface area contributed by atoms with E-state index < -0.39 is 0 Å². The predicted molar refractivity (Wildman–Crippen MR) is 138 cm³/mol. The van der Waals surface area contributed by atoms with Crippen LogP contribution >= 0.6 is 0 Å². The minimum atomic E-state index is -0.346. The number of pyridine rings is 1. The standard InChI is InChI=1S/C27H24N6O4/c1-33-25-21(27(35)29-15-20-14-23(37-32-20)17-6-4-3-5-7-17)12-19(30-24(34)16-36-2)13-22(25)31-26(33)18-8-10-28-11-9-18/h3-14H,15-16H2,1-2H3,(H,29,35)(H,30,34). The molecular formula is C27H24N6O4. The fraction of sp³-hybridized carbons (Fsp3) is 0.148. The number of aryl methyl sites for hydroxylation is 1. The second kappa shape index (κ2) is 10.4. The average molecular weight is 497 g/mol. The van der Waals surface area contributed by atoms with Crippen LogP contribution in [0.4, 0.5) is 5.69 Å². The zero-order chi connectivity index (χ0) is 25.8. The average Bonchev–Trinajstić information content (AvgIpc) is 3.53. The van der Waals surface area contributed by atoms with Gasteiger partial charge in [-0.3, -0.25) is 14.6 Å². The molecule has 3 heterocycles. The molecule has 0 unspecified atom stereocenters. The monoisotopic (exact) mass is 496 g/mol. The van der Waals surface area contributed by atoms with E-state index in [1.165, 1.54) is 7.11 Å². The van der Waals surface area contributed by atoms with Crippen molar-refractivity contribution >= 4 is 28.5 Å². The van der Waals surface area contributed by atoms with Crippen LogP contribution in [0.15, 0.2) is 77.6 Å². The van der Waals surface area contributed by atoms with E-state index in [0.717, 1.165) is 11.1 Å². The number of imidazole rings is 1. The molecule has 0 aliphatic carbocycles. The number of aromatic nitrogens is 4. The van der Waals surface area contributed by atoms with Gasteiger partial charge in [0.1, 0.15) is 18.1 Å². The van der Waals surface area contributed by atoms with Gasteiger partial charge < -0.3 is 24.5 Å². The third kappa shape index (κ3) is 5.09. The van der Waals surface area contributed by atoms with Gasteiger partial charge in [-0.15, -0.1) is 0 Å². The van der Waals surface area contributed by atoms with Crippen LogP contribution < -0.4 is 10.6 Å². The smallest absolute Gasteiger partial charge is 0.253 e. The first kappa shape index (κ1) is 23.9. The summed E-state index contributed by atoms with van der Waals surface area (Å²) in [5, 5.41) is 9.74. The van der Waals surface area contributed by atoms with Crippen molar-refractivity contribution in [1.29, 1.82) is 0 Å². The van der Waals surface area contributed by atoms with Gasteiger partial charge in [-0.1, -0.05) is 35.5 Å². The van der Waals surface area contributed by atoms with E-state index in [-0.39, 0.29) is 25.0 Å². The van der Waals surface area contributed by atoms with E-state index in [9.17, 15) is 9.59 Å². The number of hydrogen-bond donors (Lipinski definition) is 2. The number of fused-ring (bicyclic) bond motifs is 1. The molecule has 10 heteroatoms. The molecular weight excluding hydrogens is 472 g/mol. The maximum atomic E-state index is 13.4. The summed E-state index contributed by atoms with van der Waals surface area (Å²) in [7, 11) is 3.28. The minimum Gasteiger partial charge on any atom is -0.375 e. The highest BCUT2D eigenvalue weighted by Crippen LogP contribution is 2.29. The molecule has 0 saturated carbocycles. The highest BCUT2D eigenvalue weighted by Gasteiger charge is 2.20. The van der Waals surface area contributed by atoms with Crippen molar-refractivity contribution < 1.29 is 18.8 Å². The molecule has 0 radical (unpaired) electrons. The van der Waals surface area contributed by atoms with Crippen LogP contribution in [-0.4, -0.2) is 45.2 Å². The maximum absolute atomic E-state index is 13.4. The third-order valence-electron chi connectivity index (χ3n) is 5.76. The number of hydrogen-bond acceptors (Lipinski definition) is 7. The Morgan fingerprint density at radius 2 is 1.81 bits per heavy atom. The molecule has 5 aromatic rings. The lowest BCUT2D eigenvalue weighted by Gasteiger charge is -2.11. The van der Waals surface area contributed by atoms with Crippen LogP contribution in [0.25, 0.3) is 33.7 Å². The zero-order valence-electron chi connectivity index (χ0n) is 20.3. The summed E-state index contributed by atoms with van der Waals surface area (Å²) in [6.07, 6.45) is 3.36. The highest BCUT2D eigenvalue weighted by atomic mass is 16.5. The maximum Gasteiger partial charge on any atom is 0.253 e. The van der Waals surface area contributed by atoms with Crippen LogP contribution in [0.2, 0.25) is 0 Å². The largest absolute Gasteiger partial charge is 0.375 e.